The van der Waals surface area contributed by atoms with Crippen LogP contribution in [0.4, 0.5) is 0 Å². The van der Waals surface area contributed by atoms with E-state index >= 15 is 0 Å². The van der Waals surface area contributed by atoms with Crippen LogP contribution < -0.4 is 26.6 Å². The minimum Gasteiger partial charge on any atom is -0.508 e. The average molecular weight is 882 g/mol. The summed E-state index contributed by atoms with van der Waals surface area (Å²) < 4.78 is 10.4. The van der Waals surface area contributed by atoms with Crippen molar-refractivity contribution in [2.45, 2.75) is 106 Å². The molecule has 22 nitrogen and oxygen atoms in total. The van der Waals surface area contributed by atoms with E-state index in [1.54, 1.807) is 44.2 Å². The molecule has 346 valence electrons. The van der Waals surface area contributed by atoms with Crippen molar-refractivity contribution in [3.8, 4) is 5.75 Å². The first-order valence-electron chi connectivity index (χ1n) is 19.9. The standard InChI is InChI=1S/C40H59N5O17/c1-20(2)12-26(39(59)60)45-38(58)25(14-21-6-4-3-5-7-21)44-31(51)17-42-30(50)16-43-37(57)24(13-22-8-10-23(47)11-9-22)41-15-27(48)32(52)33(53)28(49)19-61-40-36(56)35(55)34(54)29(18-46)62-40/h3-11,20,24-29,32-36,40-41,46-49,52-56H,12-19H2,1-2H3,(H,42,50)(H,43,57)(H,44,51)(H,45,58)(H,59,60)/t24-,25-,26-,27-,28+,29+,32+,33+,34+,35-,36+,40+/m0/s1. The Kier molecular flexibility index (Phi) is 21.0. The zero-order chi connectivity index (χ0) is 46.1. The Labute approximate surface area is 356 Å². The van der Waals surface area contributed by atoms with Gasteiger partial charge in [0.1, 0.15) is 60.6 Å². The molecule has 0 spiro atoms. The lowest BCUT2D eigenvalue weighted by atomic mass is 9.99. The molecule has 0 aromatic heterocycles. The number of benzene rings is 2. The summed E-state index contributed by atoms with van der Waals surface area (Å²) in [6.07, 6.45) is -16.0. The van der Waals surface area contributed by atoms with E-state index in [1.165, 1.54) is 24.3 Å². The number of carbonyl (C=O) groups excluding carboxylic acids is 4. The lowest BCUT2D eigenvalue weighted by Crippen LogP contribution is -2.59. The molecule has 1 saturated heterocycles. The minimum atomic E-state index is -2.07. The molecule has 0 unspecified atom stereocenters. The lowest BCUT2D eigenvalue weighted by molar-refractivity contribution is -0.306. The van der Waals surface area contributed by atoms with E-state index in [0.717, 1.165) is 0 Å². The summed E-state index contributed by atoms with van der Waals surface area (Å²) >= 11 is 0. The molecule has 0 bridgehead atoms. The Morgan fingerprint density at radius 2 is 1.31 bits per heavy atom. The van der Waals surface area contributed by atoms with E-state index in [2.05, 4.69) is 26.6 Å². The van der Waals surface area contributed by atoms with E-state index in [1.807, 2.05) is 0 Å². The number of ether oxygens (including phenoxy) is 2. The first kappa shape index (κ1) is 51.5. The number of aliphatic hydroxyl groups is 8. The van der Waals surface area contributed by atoms with Gasteiger partial charge in [0.2, 0.25) is 23.6 Å². The van der Waals surface area contributed by atoms with E-state index < -0.39 is 136 Å². The van der Waals surface area contributed by atoms with Gasteiger partial charge in [0.25, 0.3) is 0 Å². The van der Waals surface area contributed by atoms with Crippen LogP contribution in [0.15, 0.2) is 54.6 Å². The van der Waals surface area contributed by atoms with E-state index in [9.17, 15) is 75.0 Å². The van der Waals surface area contributed by atoms with Crippen LogP contribution in [-0.2, 0) is 46.3 Å². The van der Waals surface area contributed by atoms with Gasteiger partial charge < -0.3 is 87.1 Å². The third-order valence-electron chi connectivity index (χ3n) is 9.81. The summed E-state index contributed by atoms with van der Waals surface area (Å²) in [5.74, 6) is -4.50. The van der Waals surface area contributed by atoms with Gasteiger partial charge in [0, 0.05) is 13.0 Å². The Bertz CT molecular complexity index is 1720. The molecule has 4 amide bonds. The fraction of sp³-hybridized carbons (Fsp3) is 0.575. The molecule has 0 saturated carbocycles. The van der Waals surface area contributed by atoms with Crippen molar-refractivity contribution in [3.05, 3.63) is 65.7 Å². The number of aliphatic hydroxyl groups excluding tert-OH is 8. The van der Waals surface area contributed by atoms with Crippen molar-refractivity contribution in [1.82, 2.24) is 26.6 Å². The van der Waals surface area contributed by atoms with Gasteiger partial charge in [0.15, 0.2) is 6.29 Å². The number of carboxylic acids is 1. The Hall–Kier alpha value is -4.85. The molecule has 0 aliphatic carbocycles. The molecule has 1 fully saturated rings. The zero-order valence-electron chi connectivity index (χ0n) is 34.2. The highest BCUT2D eigenvalue weighted by atomic mass is 16.7. The Balaban J connectivity index is 1.57. The maximum absolute atomic E-state index is 13.3. The maximum Gasteiger partial charge on any atom is 0.326 e. The largest absolute Gasteiger partial charge is 0.508 e. The number of carboxylic acid groups (broad SMARTS) is 1. The molecular formula is C40H59N5O17. The van der Waals surface area contributed by atoms with Crippen LogP contribution in [0.1, 0.15) is 31.4 Å². The maximum atomic E-state index is 13.3. The van der Waals surface area contributed by atoms with Crippen LogP contribution in [0.25, 0.3) is 0 Å². The number of phenolic OH excluding ortho intramolecular Hbond substituents is 1. The minimum absolute atomic E-state index is 0.0110. The SMILES string of the molecule is CC(C)C[C@H](NC(=O)[C@H](Cc1ccccc1)NC(=O)CNC(=O)CNC(=O)[C@H](Cc1ccc(O)cc1)NC[C@H](O)[C@@H](O)[C@H](O)[C@H](O)CO[C@@H]1O[C@H](CO)[C@@H](O)[C@H](O)[C@H]1O)C(=O)O. The van der Waals surface area contributed by atoms with Gasteiger partial charge in [0.05, 0.1) is 38.4 Å². The van der Waals surface area contributed by atoms with Crippen molar-refractivity contribution in [2.75, 3.05) is 32.8 Å². The van der Waals surface area contributed by atoms with Crippen molar-refractivity contribution in [3.63, 3.8) is 0 Å². The summed E-state index contributed by atoms with van der Waals surface area (Å²) in [4.78, 5) is 64.0. The molecule has 62 heavy (non-hydrogen) atoms. The molecule has 2 aromatic rings. The van der Waals surface area contributed by atoms with Gasteiger partial charge in [-0.3, -0.25) is 19.2 Å². The summed E-state index contributed by atoms with van der Waals surface area (Å²) in [7, 11) is 0. The Morgan fingerprint density at radius 1 is 0.710 bits per heavy atom. The molecule has 15 N–H and O–H groups in total. The lowest BCUT2D eigenvalue weighted by Gasteiger charge is -2.40. The number of hydrogen-bond acceptors (Lipinski definition) is 17. The summed E-state index contributed by atoms with van der Waals surface area (Å²) in [6, 6.07) is 10.7. The van der Waals surface area contributed by atoms with Crippen molar-refractivity contribution < 1.29 is 84.5 Å². The van der Waals surface area contributed by atoms with Gasteiger partial charge in [-0.15, -0.1) is 0 Å². The predicted octanol–water partition coefficient (Wildman–Crippen LogP) is -5.27. The quantitative estimate of drug-likeness (QED) is 0.0443. The number of rotatable bonds is 25. The third kappa shape index (κ3) is 16.4. The molecule has 1 heterocycles. The topological polar surface area (TPSA) is 366 Å². The van der Waals surface area contributed by atoms with Crippen LogP contribution in [0.5, 0.6) is 5.75 Å². The fourth-order valence-corrected chi connectivity index (χ4v) is 6.26. The normalized spacial score (nSPS) is 22.3. The summed E-state index contributed by atoms with van der Waals surface area (Å²) in [6.45, 7) is 0.192. The molecule has 22 heteroatoms. The summed E-state index contributed by atoms with van der Waals surface area (Å²) in [5.41, 5.74) is 1.18. The zero-order valence-corrected chi connectivity index (χ0v) is 34.2. The first-order valence-corrected chi connectivity index (χ1v) is 19.9. The highest BCUT2D eigenvalue weighted by Gasteiger charge is 2.44. The monoisotopic (exact) mass is 881 g/mol. The number of aromatic hydroxyl groups is 1. The number of nitrogens with one attached hydrogen (secondary N) is 5. The van der Waals surface area contributed by atoms with E-state index in [0.29, 0.717) is 11.1 Å². The summed E-state index contributed by atoms with van der Waals surface area (Å²) in [5, 5.41) is 113. The van der Waals surface area contributed by atoms with Crippen molar-refractivity contribution in [2.24, 2.45) is 5.92 Å². The van der Waals surface area contributed by atoms with Gasteiger partial charge in [-0.2, -0.15) is 0 Å². The second kappa shape index (κ2) is 25.3. The van der Waals surface area contributed by atoms with Crippen LogP contribution in [0.2, 0.25) is 0 Å². The molecule has 12 atom stereocenters. The molecule has 0 radical (unpaired) electrons. The number of phenols is 1. The highest BCUT2D eigenvalue weighted by Crippen LogP contribution is 2.22. The van der Waals surface area contributed by atoms with Gasteiger partial charge in [-0.05, 0) is 42.0 Å². The van der Waals surface area contributed by atoms with Crippen LogP contribution in [0, 0.1) is 5.92 Å². The molecule has 3 rings (SSSR count). The first-order chi connectivity index (χ1) is 29.3. The van der Waals surface area contributed by atoms with Gasteiger partial charge in [-0.1, -0.05) is 56.3 Å². The van der Waals surface area contributed by atoms with Crippen molar-refractivity contribution >= 4 is 29.6 Å². The molecule has 1 aliphatic rings. The smallest absolute Gasteiger partial charge is 0.326 e. The van der Waals surface area contributed by atoms with E-state index in [-0.39, 0.29) is 30.9 Å². The average Bonchev–Trinajstić information content (AvgIpc) is 3.24. The number of aliphatic carboxylic acids is 1. The van der Waals surface area contributed by atoms with Crippen LogP contribution in [-0.4, -0.2) is 187 Å². The molecule has 2 aromatic carbocycles. The van der Waals surface area contributed by atoms with E-state index in [4.69, 9.17) is 9.47 Å². The predicted molar refractivity (Wildman–Crippen MR) is 214 cm³/mol. The van der Waals surface area contributed by atoms with Crippen LogP contribution >= 0.6 is 0 Å². The Morgan fingerprint density at radius 3 is 1.92 bits per heavy atom. The van der Waals surface area contributed by atoms with Gasteiger partial charge >= 0.3 is 5.97 Å². The number of amides is 4. The molecular weight excluding hydrogens is 822 g/mol. The second-order valence-corrected chi connectivity index (χ2v) is 15.3. The second-order valence-electron chi connectivity index (χ2n) is 15.3. The highest BCUT2D eigenvalue weighted by molar-refractivity contribution is 5.93. The third-order valence-corrected chi connectivity index (χ3v) is 9.81. The number of carbonyl (C=O) groups is 5. The fourth-order valence-electron chi connectivity index (χ4n) is 6.26. The van der Waals surface area contributed by atoms with Gasteiger partial charge in [-0.25, -0.2) is 4.79 Å². The number of hydrogen-bond donors (Lipinski definition) is 15. The van der Waals surface area contributed by atoms with Crippen LogP contribution in [0.3, 0.4) is 0 Å². The molecule has 1 aliphatic heterocycles. The van der Waals surface area contributed by atoms with Crippen molar-refractivity contribution in [1.29, 1.82) is 0 Å².